The summed E-state index contributed by atoms with van der Waals surface area (Å²) in [6.07, 6.45) is 0.200. The Hall–Kier alpha value is -3.02. The summed E-state index contributed by atoms with van der Waals surface area (Å²) in [6, 6.07) is 16.8. The Kier molecular flexibility index (Phi) is 6.30. The minimum Gasteiger partial charge on any atom is -0.492 e. The number of ether oxygens (including phenoxy) is 2. The molecule has 0 aliphatic carbocycles. The number of rotatable bonds is 8. The number of hydrogen-bond donors (Lipinski definition) is 1. The fraction of sp³-hybridized carbons (Fsp3) is 0.333. The van der Waals surface area contributed by atoms with Crippen molar-refractivity contribution >= 4 is 17.5 Å². The third kappa shape index (κ3) is 4.78. The zero-order chi connectivity index (χ0) is 19.1. The molecular weight excluding hydrogens is 344 g/mol. The molecule has 1 aliphatic rings. The van der Waals surface area contributed by atoms with Crippen LogP contribution in [0.5, 0.6) is 11.5 Å². The first-order valence-corrected chi connectivity index (χ1v) is 9.16. The van der Waals surface area contributed by atoms with E-state index in [9.17, 15) is 9.59 Å². The summed E-state index contributed by atoms with van der Waals surface area (Å²) < 4.78 is 11.2. The lowest BCUT2D eigenvalue weighted by Crippen LogP contribution is -2.35. The van der Waals surface area contributed by atoms with Crippen LogP contribution in [0.4, 0.5) is 5.69 Å². The normalized spacial score (nSPS) is 16.3. The first-order chi connectivity index (χ1) is 13.2. The number of carbonyl (C=O) groups excluding carboxylic acids is 2. The van der Waals surface area contributed by atoms with Crippen LogP contribution >= 0.6 is 0 Å². The van der Waals surface area contributed by atoms with Crippen molar-refractivity contribution in [1.82, 2.24) is 5.32 Å². The zero-order valence-corrected chi connectivity index (χ0v) is 15.4. The SMILES string of the molecule is CCOc1ccccc1N1CC(C(=O)NCCOc2ccccc2)CC1=O. The summed E-state index contributed by atoms with van der Waals surface area (Å²) in [5.74, 6) is 0.857. The van der Waals surface area contributed by atoms with Gasteiger partial charge in [0.2, 0.25) is 11.8 Å². The number of nitrogens with zero attached hydrogens (tertiary/aromatic N) is 1. The maximum Gasteiger partial charge on any atom is 0.227 e. The highest BCUT2D eigenvalue weighted by Gasteiger charge is 2.36. The summed E-state index contributed by atoms with van der Waals surface area (Å²) in [4.78, 5) is 26.5. The Morgan fingerprint density at radius 3 is 2.63 bits per heavy atom. The van der Waals surface area contributed by atoms with E-state index in [-0.39, 0.29) is 24.2 Å². The van der Waals surface area contributed by atoms with Crippen molar-refractivity contribution < 1.29 is 19.1 Å². The third-order valence-electron chi connectivity index (χ3n) is 4.36. The van der Waals surface area contributed by atoms with Gasteiger partial charge in [0.05, 0.1) is 24.8 Å². The Balaban J connectivity index is 1.52. The van der Waals surface area contributed by atoms with E-state index in [2.05, 4.69) is 5.32 Å². The molecule has 1 fully saturated rings. The average Bonchev–Trinajstić information content (AvgIpc) is 3.08. The minimum absolute atomic E-state index is 0.0668. The number of para-hydroxylation sites is 3. The van der Waals surface area contributed by atoms with Crippen LogP contribution in [0.3, 0.4) is 0 Å². The predicted molar refractivity (Wildman–Crippen MR) is 103 cm³/mol. The second kappa shape index (κ2) is 9.07. The highest BCUT2D eigenvalue weighted by molar-refractivity contribution is 6.01. The van der Waals surface area contributed by atoms with E-state index in [0.29, 0.717) is 37.7 Å². The third-order valence-corrected chi connectivity index (χ3v) is 4.36. The first kappa shape index (κ1) is 18.8. The highest BCUT2D eigenvalue weighted by Crippen LogP contribution is 2.33. The van der Waals surface area contributed by atoms with Gasteiger partial charge in [0.25, 0.3) is 0 Å². The maximum atomic E-state index is 12.4. The predicted octanol–water partition coefficient (Wildman–Crippen LogP) is 2.63. The largest absolute Gasteiger partial charge is 0.492 e. The van der Waals surface area contributed by atoms with E-state index in [1.165, 1.54) is 0 Å². The van der Waals surface area contributed by atoms with E-state index >= 15 is 0 Å². The van der Waals surface area contributed by atoms with E-state index in [1.807, 2.05) is 61.5 Å². The monoisotopic (exact) mass is 368 g/mol. The molecule has 1 heterocycles. The van der Waals surface area contributed by atoms with Crippen LogP contribution in [-0.2, 0) is 9.59 Å². The fourth-order valence-corrected chi connectivity index (χ4v) is 3.08. The van der Waals surface area contributed by atoms with Gasteiger partial charge < -0.3 is 19.7 Å². The molecular formula is C21H24N2O4. The van der Waals surface area contributed by atoms with Gasteiger partial charge in [-0.05, 0) is 31.2 Å². The van der Waals surface area contributed by atoms with Crippen LogP contribution in [0.15, 0.2) is 54.6 Å². The fourth-order valence-electron chi connectivity index (χ4n) is 3.08. The molecule has 2 aromatic rings. The lowest BCUT2D eigenvalue weighted by Gasteiger charge is -2.20. The molecule has 0 bridgehead atoms. The van der Waals surface area contributed by atoms with Crippen LogP contribution in [0.2, 0.25) is 0 Å². The Labute approximate surface area is 159 Å². The first-order valence-electron chi connectivity index (χ1n) is 9.16. The van der Waals surface area contributed by atoms with E-state index in [0.717, 1.165) is 5.75 Å². The van der Waals surface area contributed by atoms with E-state index in [1.54, 1.807) is 4.90 Å². The van der Waals surface area contributed by atoms with Crippen molar-refractivity contribution in [2.24, 2.45) is 5.92 Å². The Morgan fingerprint density at radius 1 is 1.11 bits per heavy atom. The molecule has 0 radical (unpaired) electrons. The van der Waals surface area contributed by atoms with Crippen LogP contribution in [0, 0.1) is 5.92 Å². The van der Waals surface area contributed by atoms with Gasteiger partial charge in [-0.2, -0.15) is 0 Å². The topological polar surface area (TPSA) is 67.9 Å². The average molecular weight is 368 g/mol. The van der Waals surface area contributed by atoms with Crippen molar-refractivity contribution in [2.45, 2.75) is 13.3 Å². The quantitative estimate of drug-likeness (QED) is 0.728. The number of hydrogen-bond acceptors (Lipinski definition) is 4. The van der Waals surface area contributed by atoms with Gasteiger partial charge >= 0.3 is 0 Å². The van der Waals surface area contributed by atoms with Gasteiger partial charge in [-0.1, -0.05) is 30.3 Å². The number of benzene rings is 2. The number of amides is 2. The number of nitrogens with one attached hydrogen (secondary N) is 1. The molecule has 3 rings (SSSR count). The van der Waals surface area contributed by atoms with Crippen LogP contribution in [0.1, 0.15) is 13.3 Å². The lowest BCUT2D eigenvalue weighted by molar-refractivity contribution is -0.126. The lowest BCUT2D eigenvalue weighted by atomic mass is 10.1. The molecule has 27 heavy (non-hydrogen) atoms. The van der Waals surface area contributed by atoms with Gasteiger partial charge in [0.1, 0.15) is 18.1 Å². The molecule has 2 amide bonds. The van der Waals surface area contributed by atoms with Crippen molar-refractivity contribution in [1.29, 1.82) is 0 Å². The molecule has 0 aromatic heterocycles. The van der Waals surface area contributed by atoms with Crippen molar-refractivity contribution in [3.8, 4) is 11.5 Å². The minimum atomic E-state index is -0.371. The molecule has 0 saturated carbocycles. The van der Waals surface area contributed by atoms with Crippen LogP contribution in [-0.4, -0.2) is 38.1 Å². The van der Waals surface area contributed by atoms with E-state index < -0.39 is 0 Å². The highest BCUT2D eigenvalue weighted by atomic mass is 16.5. The van der Waals surface area contributed by atoms with Gasteiger partial charge in [0.15, 0.2) is 0 Å². The summed E-state index contributed by atoms with van der Waals surface area (Å²) in [5, 5.41) is 2.85. The Bertz CT molecular complexity index is 779. The summed E-state index contributed by atoms with van der Waals surface area (Å²) >= 11 is 0. The summed E-state index contributed by atoms with van der Waals surface area (Å²) in [5.41, 5.74) is 0.715. The Morgan fingerprint density at radius 2 is 1.85 bits per heavy atom. The van der Waals surface area contributed by atoms with Gasteiger partial charge in [0, 0.05) is 13.0 Å². The zero-order valence-electron chi connectivity index (χ0n) is 15.4. The molecule has 1 atom stereocenters. The number of anilines is 1. The van der Waals surface area contributed by atoms with Crippen molar-refractivity contribution in [3.63, 3.8) is 0 Å². The standard InChI is InChI=1S/C21H24N2O4/c1-2-26-19-11-7-6-10-18(19)23-15-16(14-20(23)24)21(25)22-12-13-27-17-8-4-3-5-9-17/h3-11,16H,2,12-15H2,1H3,(H,22,25). The van der Waals surface area contributed by atoms with Crippen LogP contribution < -0.4 is 19.7 Å². The molecule has 0 spiro atoms. The van der Waals surface area contributed by atoms with E-state index in [4.69, 9.17) is 9.47 Å². The van der Waals surface area contributed by atoms with Crippen LogP contribution in [0.25, 0.3) is 0 Å². The molecule has 1 saturated heterocycles. The van der Waals surface area contributed by atoms with Gasteiger partial charge in [-0.3, -0.25) is 9.59 Å². The number of carbonyl (C=O) groups is 2. The summed E-state index contributed by atoms with van der Waals surface area (Å²) in [7, 11) is 0. The molecule has 142 valence electrons. The summed E-state index contributed by atoms with van der Waals surface area (Å²) in [6.45, 7) is 3.55. The molecule has 1 unspecified atom stereocenters. The second-order valence-electron chi connectivity index (χ2n) is 6.26. The smallest absolute Gasteiger partial charge is 0.227 e. The van der Waals surface area contributed by atoms with Gasteiger partial charge in [-0.25, -0.2) is 0 Å². The molecule has 1 N–H and O–H groups in total. The molecule has 6 nitrogen and oxygen atoms in total. The molecule has 1 aliphatic heterocycles. The second-order valence-corrected chi connectivity index (χ2v) is 6.26. The van der Waals surface area contributed by atoms with Crippen molar-refractivity contribution in [3.05, 3.63) is 54.6 Å². The van der Waals surface area contributed by atoms with Gasteiger partial charge in [-0.15, -0.1) is 0 Å². The molecule has 2 aromatic carbocycles. The molecule has 6 heteroatoms. The maximum absolute atomic E-state index is 12.4. The van der Waals surface area contributed by atoms with Crippen molar-refractivity contribution in [2.75, 3.05) is 31.2 Å².